The molecule has 1 aliphatic rings. The Morgan fingerprint density at radius 1 is 1.14 bits per heavy atom. The lowest BCUT2D eigenvalue weighted by Gasteiger charge is -2.43. The molecular formula is C14H22O7. The van der Waals surface area contributed by atoms with E-state index in [9.17, 15) is 9.59 Å². The number of ether oxygens (including phenoxy) is 5. The number of hydrogen-bond donors (Lipinski definition) is 0. The van der Waals surface area contributed by atoms with Crippen LogP contribution < -0.4 is 0 Å². The van der Waals surface area contributed by atoms with E-state index in [1.807, 2.05) is 0 Å². The fourth-order valence-electron chi connectivity index (χ4n) is 2.20. The van der Waals surface area contributed by atoms with Gasteiger partial charge in [-0.25, -0.2) is 0 Å². The summed E-state index contributed by atoms with van der Waals surface area (Å²) in [5.74, 6) is -0.978. The molecule has 7 nitrogen and oxygen atoms in total. The van der Waals surface area contributed by atoms with Gasteiger partial charge in [-0.3, -0.25) is 9.59 Å². The van der Waals surface area contributed by atoms with Crippen LogP contribution in [0.5, 0.6) is 0 Å². The molecule has 0 unspecified atom stereocenters. The molecule has 0 spiro atoms. The number of carbonyl (C=O) groups excluding carboxylic acids is 2. The van der Waals surface area contributed by atoms with Gasteiger partial charge in [0.1, 0.15) is 6.10 Å². The summed E-state index contributed by atoms with van der Waals surface area (Å²) in [5, 5.41) is 0. The van der Waals surface area contributed by atoms with E-state index >= 15 is 0 Å². The lowest BCUT2D eigenvalue weighted by atomic mass is 9.99. The second kappa shape index (κ2) is 8.11. The van der Waals surface area contributed by atoms with Crippen LogP contribution in [-0.4, -0.2) is 56.4 Å². The highest BCUT2D eigenvalue weighted by Crippen LogP contribution is 2.28. The van der Waals surface area contributed by atoms with E-state index in [1.165, 1.54) is 21.0 Å². The number of hydrogen-bond acceptors (Lipinski definition) is 7. The molecule has 7 heteroatoms. The Kier molecular flexibility index (Phi) is 6.80. The highest BCUT2D eigenvalue weighted by atomic mass is 16.7. The number of carbonyl (C=O) groups is 2. The quantitative estimate of drug-likeness (QED) is 0.530. The zero-order valence-electron chi connectivity index (χ0n) is 12.7. The predicted octanol–water partition coefficient (Wildman–Crippen LogP) is 0.812. The van der Waals surface area contributed by atoms with Crippen LogP contribution in [0.25, 0.3) is 0 Å². The highest BCUT2D eigenvalue weighted by molar-refractivity contribution is 5.67. The maximum atomic E-state index is 11.3. The van der Waals surface area contributed by atoms with Crippen molar-refractivity contribution in [1.29, 1.82) is 0 Å². The number of esters is 2. The lowest BCUT2D eigenvalue weighted by Crippen LogP contribution is -2.60. The van der Waals surface area contributed by atoms with Gasteiger partial charge >= 0.3 is 11.9 Å². The second-order valence-corrected chi connectivity index (χ2v) is 4.68. The van der Waals surface area contributed by atoms with Gasteiger partial charge in [0.2, 0.25) is 0 Å². The van der Waals surface area contributed by atoms with Crippen LogP contribution >= 0.6 is 0 Å². The first kappa shape index (κ1) is 17.6. The smallest absolute Gasteiger partial charge is 0.303 e. The van der Waals surface area contributed by atoms with Gasteiger partial charge in [0, 0.05) is 21.0 Å². The first-order valence-corrected chi connectivity index (χ1v) is 6.65. The Labute approximate surface area is 124 Å². The molecule has 0 aromatic carbocycles. The minimum absolute atomic E-state index is 0.212. The maximum Gasteiger partial charge on any atom is 0.303 e. The average molecular weight is 302 g/mol. The number of rotatable bonds is 6. The van der Waals surface area contributed by atoms with Crippen LogP contribution in [-0.2, 0) is 33.3 Å². The van der Waals surface area contributed by atoms with Crippen molar-refractivity contribution in [1.82, 2.24) is 0 Å². The summed E-state index contributed by atoms with van der Waals surface area (Å²) < 4.78 is 26.9. The molecule has 0 aliphatic carbocycles. The molecule has 0 radical (unpaired) electrons. The van der Waals surface area contributed by atoms with Crippen molar-refractivity contribution < 1.29 is 33.3 Å². The van der Waals surface area contributed by atoms with Crippen LogP contribution in [0.15, 0.2) is 12.7 Å². The fraction of sp³-hybridized carbons (Fsp3) is 0.714. The summed E-state index contributed by atoms with van der Waals surface area (Å²) in [6.45, 7) is 8.08. The molecule has 5 atom stereocenters. The highest BCUT2D eigenvalue weighted by Gasteiger charge is 2.49. The minimum atomic E-state index is -0.840. The zero-order chi connectivity index (χ0) is 16.0. The van der Waals surface area contributed by atoms with E-state index in [0.29, 0.717) is 0 Å². The molecule has 1 aliphatic heterocycles. The molecule has 1 saturated heterocycles. The van der Waals surface area contributed by atoms with Gasteiger partial charge in [0.25, 0.3) is 0 Å². The summed E-state index contributed by atoms with van der Waals surface area (Å²) in [4.78, 5) is 22.6. The van der Waals surface area contributed by atoms with Gasteiger partial charge in [0.15, 0.2) is 18.5 Å². The molecule has 0 bridgehead atoms. The van der Waals surface area contributed by atoms with E-state index in [2.05, 4.69) is 6.58 Å². The predicted molar refractivity (Wildman–Crippen MR) is 72.4 cm³/mol. The van der Waals surface area contributed by atoms with Gasteiger partial charge in [-0.1, -0.05) is 6.08 Å². The molecule has 0 aromatic rings. The van der Waals surface area contributed by atoms with Crippen molar-refractivity contribution in [3.05, 3.63) is 12.7 Å². The van der Waals surface area contributed by atoms with Crippen molar-refractivity contribution in [3.8, 4) is 0 Å². The molecule has 1 fully saturated rings. The van der Waals surface area contributed by atoms with Gasteiger partial charge < -0.3 is 23.7 Å². The van der Waals surface area contributed by atoms with Crippen molar-refractivity contribution >= 4 is 11.9 Å². The van der Waals surface area contributed by atoms with Crippen LogP contribution in [0.4, 0.5) is 0 Å². The molecular weight excluding hydrogens is 280 g/mol. The fourth-order valence-corrected chi connectivity index (χ4v) is 2.20. The van der Waals surface area contributed by atoms with Crippen LogP contribution in [0.3, 0.4) is 0 Å². The Morgan fingerprint density at radius 2 is 1.71 bits per heavy atom. The molecule has 1 heterocycles. The van der Waals surface area contributed by atoms with Gasteiger partial charge in [-0.15, -0.1) is 6.58 Å². The Bertz CT molecular complexity index is 382. The van der Waals surface area contributed by atoms with Gasteiger partial charge in [-0.2, -0.15) is 0 Å². The summed E-state index contributed by atoms with van der Waals surface area (Å²) in [5.41, 5.74) is 0. The summed E-state index contributed by atoms with van der Waals surface area (Å²) in [7, 11) is 1.44. The zero-order valence-corrected chi connectivity index (χ0v) is 12.7. The molecule has 0 amide bonds. The molecule has 0 N–H and O–H groups in total. The van der Waals surface area contributed by atoms with Gasteiger partial charge in [-0.05, 0) is 6.92 Å². The van der Waals surface area contributed by atoms with Crippen LogP contribution in [0.1, 0.15) is 20.8 Å². The summed E-state index contributed by atoms with van der Waals surface area (Å²) in [6, 6.07) is 0. The van der Waals surface area contributed by atoms with E-state index in [1.54, 1.807) is 13.0 Å². The Hall–Kier alpha value is -1.44. The monoisotopic (exact) mass is 302 g/mol. The first-order valence-electron chi connectivity index (χ1n) is 6.65. The van der Waals surface area contributed by atoms with E-state index in [0.717, 1.165) is 0 Å². The Balaban J connectivity index is 3.01. The second-order valence-electron chi connectivity index (χ2n) is 4.68. The van der Waals surface area contributed by atoms with Crippen LogP contribution in [0, 0.1) is 0 Å². The third-order valence-electron chi connectivity index (χ3n) is 2.97. The third-order valence-corrected chi connectivity index (χ3v) is 2.97. The van der Waals surface area contributed by atoms with Gasteiger partial charge in [0.05, 0.1) is 12.7 Å². The Morgan fingerprint density at radius 3 is 2.19 bits per heavy atom. The van der Waals surface area contributed by atoms with Crippen molar-refractivity contribution in [3.63, 3.8) is 0 Å². The lowest BCUT2D eigenvalue weighted by molar-refractivity contribution is -0.298. The van der Waals surface area contributed by atoms with E-state index < -0.39 is 42.6 Å². The standard InChI is InChI=1S/C14H22O7/c1-6-7-18-12-11(20-9(3)15)8(2)19-14(17-5)13(12)21-10(4)16/h6,8,11-14H,1,7H2,2-5H3/t8-,11-,12+,13+,14+/m0/s1. The summed E-state index contributed by atoms with van der Waals surface area (Å²) in [6.07, 6.45) is -1.97. The molecule has 0 saturated carbocycles. The number of methoxy groups -OCH3 is 1. The first-order chi connectivity index (χ1) is 9.90. The minimum Gasteiger partial charge on any atom is -0.457 e. The van der Waals surface area contributed by atoms with E-state index in [4.69, 9.17) is 23.7 Å². The molecule has 21 heavy (non-hydrogen) atoms. The molecule has 120 valence electrons. The summed E-state index contributed by atoms with van der Waals surface area (Å²) >= 11 is 0. The average Bonchev–Trinajstić information content (AvgIpc) is 2.40. The maximum absolute atomic E-state index is 11.3. The SMILES string of the molecule is C=CCO[C@@H]1[C@@H](OC(C)=O)[C@H](C)O[C@@H](OC)[C@@H]1OC(C)=O. The van der Waals surface area contributed by atoms with Crippen molar-refractivity contribution in [2.75, 3.05) is 13.7 Å². The van der Waals surface area contributed by atoms with Crippen molar-refractivity contribution in [2.45, 2.75) is 51.5 Å². The largest absolute Gasteiger partial charge is 0.457 e. The molecule has 1 rings (SSSR count). The van der Waals surface area contributed by atoms with E-state index in [-0.39, 0.29) is 6.61 Å². The normalized spacial score (nSPS) is 32.3. The third kappa shape index (κ3) is 4.80. The van der Waals surface area contributed by atoms with Crippen LogP contribution in [0.2, 0.25) is 0 Å². The van der Waals surface area contributed by atoms with Crippen molar-refractivity contribution in [2.24, 2.45) is 0 Å². The molecule has 0 aromatic heterocycles. The topological polar surface area (TPSA) is 80.3 Å².